The molecule has 0 aromatic heterocycles. The third-order valence-electron chi connectivity index (χ3n) is 7.71. The molecule has 2 heterocycles. The Hall–Kier alpha value is -1.95. The highest BCUT2D eigenvalue weighted by Crippen LogP contribution is 2.28. The number of nitrogens with zero attached hydrogens (tertiary/aromatic N) is 3. The third kappa shape index (κ3) is 7.53. The summed E-state index contributed by atoms with van der Waals surface area (Å²) in [6, 6.07) is 17.9. The lowest BCUT2D eigenvalue weighted by atomic mass is 9.90. The van der Waals surface area contributed by atoms with Crippen molar-refractivity contribution in [3.63, 3.8) is 0 Å². The van der Waals surface area contributed by atoms with Gasteiger partial charge in [0.25, 0.3) is 0 Å². The first-order valence-electron chi connectivity index (χ1n) is 13.4. The maximum absolute atomic E-state index is 13.9. The SMILES string of the molecule is C=C(c1ccc(-c2ccc(CCC3CCN(CC(C)(C)F)CC3)cc2)cc1)N1CCN(S(=C)C)CC1. The first-order chi connectivity index (χ1) is 17.2. The van der Waals surface area contributed by atoms with Crippen LogP contribution in [0.5, 0.6) is 0 Å². The molecule has 36 heavy (non-hydrogen) atoms. The Morgan fingerprint density at radius 1 is 0.917 bits per heavy atom. The van der Waals surface area contributed by atoms with Crippen LogP contribution in [0.15, 0.2) is 55.1 Å². The highest BCUT2D eigenvalue weighted by Gasteiger charge is 2.25. The average Bonchev–Trinajstić information content (AvgIpc) is 2.87. The molecule has 2 fully saturated rings. The molecule has 2 saturated heterocycles. The number of hydrogen-bond acceptors (Lipinski definition) is 3. The van der Waals surface area contributed by atoms with Crippen LogP contribution >= 0.6 is 10.7 Å². The summed E-state index contributed by atoms with van der Waals surface area (Å²) in [5.74, 6) is 4.94. The van der Waals surface area contributed by atoms with Crippen LogP contribution in [0.4, 0.5) is 4.39 Å². The number of aryl methyl sites for hydroxylation is 1. The molecule has 3 nitrogen and oxygen atoms in total. The normalized spacial score (nSPS) is 19.4. The lowest BCUT2D eigenvalue weighted by Gasteiger charge is -2.37. The van der Waals surface area contributed by atoms with Crippen molar-refractivity contribution in [1.29, 1.82) is 0 Å². The van der Waals surface area contributed by atoms with E-state index in [-0.39, 0.29) is 10.7 Å². The van der Waals surface area contributed by atoms with E-state index in [0.717, 1.165) is 57.3 Å². The number of piperazine rings is 1. The monoisotopic (exact) mass is 509 g/mol. The van der Waals surface area contributed by atoms with Gasteiger partial charge in [-0.1, -0.05) is 61.0 Å². The lowest BCUT2D eigenvalue weighted by molar-refractivity contribution is 0.0943. The molecular weight excluding hydrogens is 465 g/mol. The van der Waals surface area contributed by atoms with Crippen LogP contribution in [0.1, 0.15) is 44.2 Å². The van der Waals surface area contributed by atoms with Gasteiger partial charge in [-0.3, -0.25) is 4.31 Å². The van der Waals surface area contributed by atoms with Gasteiger partial charge in [0.15, 0.2) is 0 Å². The van der Waals surface area contributed by atoms with Crippen molar-refractivity contribution in [2.45, 2.75) is 45.2 Å². The Kier molecular flexibility index (Phi) is 9.08. The summed E-state index contributed by atoms with van der Waals surface area (Å²) in [6.07, 6.45) is 6.93. The summed E-state index contributed by atoms with van der Waals surface area (Å²) in [6.45, 7) is 14.5. The average molecular weight is 510 g/mol. The van der Waals surface area contributed by atoms with Crippen LogP contribution in [0.2, 0.25) is 0 Å². The van der Waals surface area contributed by atoms with E-state index in [1.54, 1.807) is 13.8 Å². The van der Waals surface area contributed by atoms with Gasteiger partial charge >= 0.3 is 0 Å². The van der Waals surface area contributed by atoms with Crippen molar-refractivity contribution in [3.05, 3.63) is 66.2 Å². The van der Waals surface area contributed by atoms with Crippen molar-refractivity contribution in [1.82, 2.24) is 14.1 Å². The van der Waals surface area contributed by atoms with Crippen molar-refractivity contribution in [2.75, 3.05) is 52.1 Å². The van der Waals surface area contributed by atoms with E-state index < -0.39 is 5.67 Å². The number of rotatable bonds is 9. The van der Waals surface area contributed by atoms with Gasteiger partial charge < -0.3 is 9.80 Å². The number of alkyl halides is 1. The largest absolute Gasteiger partial charge is 0.369 e. The number of benzene rings is 2. The molecule has 0 amide bonds. The van der Waals surface area contributed by atoms with E-state index in [4.69, 9.17) is 0 Å². The fourth-order valence-corrected chi connectivity index (χ4v) is 6.29. The third-order valence-corrected chi connectivity index (χ3v) is 8.96. The minimum atomic E-state index is -1.09. The molecule has 4 rings (SSSR count). The standard InChI is InChI=1S/C31H44FN3S/c1-25(34-20-22-35(23-21-34)36(4)5)28-12-14-30(15-13-28)29-10-8-26(9-11-29)6-7-27-16-18-33(19-17-27)24-31(2,3)32/h8-15,27H,1,4,6-7,16-24H2,2-3,5H3. The Morgan fingerprint density at radius 2 is 1.47 bits per heavy atom. The summed E-state index contributed by atoms with van der Waals surface area (Å²) in [5, 5.41) is 0. The molecule has 2 aliphatic heterocycles. The Morgan fingerprint density at radius 3 is 2.00 bits per heavy atom. The van der Waals surface area contributed by atoms with Gasteiger partial charge in [0.05, 0.1) is 0 Å². The number of halogens is 1. The molecule has 2 aliphatic rings. The molecule has 0 N–H and O–H groups in total. The first kappa shape index (κ1) is 27.1. The second-order valence-electron chi connectivity index (χ2n) is 11.2. The number of piperidine rings is 1. The van der Waals surface area contributed by atoms with Gasteiger partial charge in [-0.15, -0.1) is 10.7 Å². The molecule has 2 aromatic rings. The number of likely N-dealkylation sites (tertiary alicyclic amines) is 1. The van der Waals surface area contributed by atoms with Crippen LogP contribution < -0.4 is 0 Å². The second-order valence-corrected chi connectivity index (χ2v) is 12.9. The molecule has 0 radical (unpaired) electrons. The second kappa shape index (κ2) is 12.1. The summed E-state index contributed by atoms with van der Waals surface area (Å²) in [4.78, 5) is 4.69. The zero-order chi connectivity index (χ0) is 25.7. The van der Waals surface area contributed by atoms with Crippen LogP contribution in [0.25, 0.3) is 16.8 Å². The quantitative estimate of drug-likeness (QED) is 0.354. The highest BCUT2D eigenvalue weighted by molar-refractivity contribution is 8.11. The topological polar surface area (TPSA) is 9.72 Å². The van der Waals surface area contributed by atoms with Gasteiger partial charge in [-0.2, -0.15) is 0 Å². The lowest BCUT2D eigenvalue weighted by Crippen LogP contribution is -2.42. The maximum atomic E-state index is 13.9. The van der Waals surface area contributed by atoms with Crippen molar-refractivity contribution >= 4 is 22.2 Å². The molecule has 2 aromatic carbocycles. The predicted molar refractivity (Wildman–Crippen MR) is 157 cm³/mol. The summed E-state index contributed by atoms with van der Waals surface area (Å²) in [7, 11) is 0.105. The number of hydrogen-bond donors (Lipinski definition) is 0. The van der Waals surface area contributed by atoms with Crippen molar-refractivity contribution in [3.8, 4) is 11.1 Å². The molecule has 5 heteroatoms. The van der Waals surface area contributed by atoms with E-state index >= 15 is 0 Å². The fraction of sp³-hybridized carbons (Fsp3) is 0.516. The molecular formula is C31H44FN3S. The molecule has 196 valence electrons. The van der Waals surface area contributed by atoms with E-state index in [1.165, 1.54) is 41.5 Å². The van der Waals surface area contributed by atoms with E-state index in [2.05, 4.69) is 81.3 Å². The Labute approximate surface area is 221 Å². The summed E-state index contributed by atoms with van der Waals surface area (Å²) < 4.78 is 16.4. The minimum Gasteiger partial charge on any atom is -0.369 e. The minimum absolute atomic E-state index is 0.105. The summed E-state index contributed by atoms with van der Waals surface area (Å²) >= 11 is 0. The van der Waals surface area contributed by atoms with Gasteiger partial charge in [0.2, 0.25) is 0 Å². The van der Waals surface area contributed by atoms with Crippen molar-refractivity contribution in [2.24, 2.45) is 5.92 Å². The Balaban J connectivity index is 1.25. The van der Waals surface area contributed by atoms with Crippen LogP contribution in [0.3, 0.4) is 0 Å². The predicted octanol–water partition coefficient (Wildman–Crippen LogP) is 6.58. The molecule has 1 atom stereocenters. The molecule has 0 bridgehead atoms. The molecule has 0 saturated carbocycles. The smallest absolute Gasteiger partial charge is 0.118 e. The van der Waals surface area contributed by atoms with E-state index in [0.29, 0.717) is 6.54 Å². The first-order valence-corrected chi connectivity index (χ1v) is 15.2. The highest BCUT2D eigenvalue weighted by atomic mass is 32.2. The van der Waals surface area contributed by atoms with Gasteiger partial charge in [0.1, 0.15) is 5.67 Å². The fourth-order valence-electron chi connectivity index (χ4n) is 5.51. The van der Waals surface area contributed by atoms with Gasteiger partial charge in [-0.25, -0.2) is 4.39 Å². The molecule has 0 spiro atoms. The molecule has 0 aliphatic carbocycles. The van der Waals surface area contributed by atoms with Crippen LogP contribution in [-0.4, -0.2) is 77.7 Å². The zero-order valence-electron chi connectivity index (χ0n) is 22.5. The maximum Gasteiger partial charge on any atom is 0.118 e. The zero-order valence-corrected chi connectivity index (χ0v) is 23.3. The summed E-state index contributed by atoms with van der Waals surface area (Å²) in [5.41, 5.74) is 5.15. The van der Waals surface area contributed by atoms with E-state index in [1.807, 2.05) is 0 Å². The van der Waals surface area contributed by atoms with Gasteiger partial charge in [0, 0.05) is 38.4 Å². The van der Waals surface area contributed by atoms with E-state index in [9.17, 15) is 4.39 Å². The van der Waals surface area contributed by atoms with Crippen LogP contribution in [0, 0.1) is 5.92 Å². The van der Waals surface area contributed by atoms with Crippen molar-refractivity contribution < 1.29 is 4.39 Å². The van der Waals surface area contributed by atoms with Gasteiger partial charge in [-0.05, 0) is 87.0 Å². The Bertz CT molecular complexity index is 1010. The molecule has 1 unspecified atom stereocenters. The van der Waals surface area contributed by atoms with Crippen LogP contribution in [-0.2, 0) is 6.42 Å².